The lowest BCUT2D eigenvalue weighted by atomic mass is 9.90. The van der Waals surface area contributed by atoms with E-state index in [2.05, 4.69) is 26.0 Å². The Labute approximate surface area is 56.3 Å². The lowest BCUT2D eigenvalue weighted by Gasteiger charge is -2.15. The predicted molar refractivity (Wildman–Crippen MR) is 39.2 cm³/mol. The van der Waals surface area contributed by atoms with Crippen molar-refractivity contribution >= 4 is 0 Å². The fraction of sp³-hybridized carbons (Fsp3) is 0.556. The summed E-state index contributed by atoms with van der Waals surface area (Å²) < 4.78 is 0. The third-order valence-electron chi connectivity index (χ3n) is 2.24. The first-order valence-corrected chi connectivity index (χ1v) is 3.57. The number of hydrogen-bond acceptors (Lipinski definition) is 0. The van der Waals surface area contributed by atoms with Crippen LogP contribution in [-0.4, -0.2) is 0 Å². The first kappa shape index (κ1) is 5.28. The molecule has 48 valence electrons. The van der Waals surface area contributed by atoms with Gasteiger partial charge < -0.3 is 0 Å². The Hall–Kier alpha value is -0.520. The van der Waals surface area contributed by atoms with E-state index in [1.165, 1.54) is 12.8 Å². The molecule has 0 aromatic rings. The maximum absolute atomic E-state index is 2.34. The molecule has 2 aliphatic rings. The lowest BCUT2D eigenvalue weighted by Crippen LogP contribution is -2.03. The summed E-state index contributed by atoms with van der Waals surface area (Å²) in [4.78, 5) is 0. The Bertz CT molecular complexity index is 184. The Morgan fingerprint density at radius 1 is 1.11 bits per heavy atom. The van der Waals surface area contributed by atoms with Gasteiger partial charge in [0.25, 0.3) is 0 Å². The van der Waals surface area contributed by atoms with E-state index in [4.69, 9.17) is 0 Å². The molecular weight excluding hydrogens is 108 g/mol. The summed E-state index contributed by atoms with van der Waals surface area (Å²) in [7, 11) is 0. The Kier molecular flexibility index (Phi) is 0.769. The number of rotatable bonds is 0. The summed E-state index contributed by atoms with van der Waals surface area (Å²) in [5.74, 6) is 0. The molecule has 0 amide bonds. The average Bonchev–Trinajstić information content (AvgIpc) is 1.90. The maximum Gasteiger partial charge on any atom is -0.0221 e. The van der Waals surface area contributed by atoms with E-state index in [1.807, 2.05) is 0 Å². The van der Waals surface area contributed by atoms with Crippen LogP contribution in [0.4, 0.5) is 0 Å². The third kappa shape index (κ3) is 0.658. The summed E-state index contributed by atoms with van der Waals surface area (Å²) in [6.07, 6.45) is 7.12. The number of allylic oxidation sites excluding steroid dienone is 4. The molecule has 0 N–H and O–H groups in total. The van der Waals surface area contributed by atoms with Crippen molar-refractivity contribution in [2.24, 2.45) is 5.41 Å². The largest absolute Gasteiger partial charge is 0.0593 e. The quantitative estimate of drug-likeness (QED) is 0.461. The van der Waals surface area contributed by atoms with Crippen molar-refractivity contribution in [3.63, 3.8) is 0 Å². The summed E-state index contributed by atoms with van der Waals surface area (Å²) in [5.41, 5.74) is 3.79. The van der Waals surface area contributed by atoms with Gasteiger partial charge in [-0.3, -0.25) is 0 Å². The van der Waals surface area contributed by atoms with E-state index in [0.717, 1.165) is 0 Å². The van der Waals surface area contributed by atoms with Gasteiger partial charge in [0, 0.05) is 0 Å². The zero-order valence-corrected chi connectivity index (χ0v) is 6.07. The highest BCUT2D eigenvalue weighted by atomic mass is 14.4. The first-order chi connectivity index (χ1) is 4.17. The topological polar surface area (TPSA) is 0 Å². The smallest absolute Gasteiger partial charge is 0.0221 e. The SMILES string of the molecule is CC1(C)CC2=C(C=C2)C1. The van der Waals surface area contributed by atoms with Crippen LogP contribution >= 0.6 is 0 Å². The Morgan fingerprint density at radius 3 is 1.78 bits per heavy atom. The minimum atomic E-state index is 0.564. The molecule has 0 aromatic carbocycles. The van der Waals surface area contributed by atoms with Gasteiger partial charge in [0.05, 0.1) is 0 Å². The van der Waals surface area contributed by atoms with Crippen LogP contribution in [-0.2, 0) is 0 Å². The van der Waals surface area contributed by atoms with Gasteiger partial charge in [-0.2, -0.15) is 0 Å². The van der Waals surface area contributed by atoms with E-state index in [9.17, 15) is 0 Å². The van der Waals surface area contributed by atoms with Crippen LogP contribution in [0.5, 0.6) is 0 Å². The normalized spacial score (nSPS) is 28.2. The summed E-state index contributed by atoms with van der Waals surface area (Å²) in [6, 6.07) is 0. The Balaban J connectivity index is 2.20. The highest BCUT2D eigenvalue weighted by Crippen LogP contribution is 2.46. The van der Waals surface area contributed by atoms with Gasteiger partial charge in [0.2, 0.25) is 0 Å². The standard InChI is InChI=1S/C9H12/c1-9(2)5-7-3-4-8(7)6-9/h3-4H,5-6H2,1-2H3. The van der Waals surface area contributed by atoms with Crippen LogP contribution in [0.15, 0.2) is 23.3 Å². The van der Waals surface area contributed by atoms with Crippen LogP contribution in [0, 0.1) is 5.41 Å². The molecule has 0 nitrogen and oxygen atoms in total. The molecule has 9 heavy (non-hydrogen) atoms. The van der Waals surface area contributed by atoms with Crippen LogP contribution in [0.2, 0.25) is 0 Å². The number of hydrogen-bond donors (Lipinski definition) is 0. The molecule has 0 saturated heterocycles. The summed E-state index contributed by atoms with van der Waals surface area (Å²) in [5, 5.41) is 0. The van der Waals surface area contributed by atoms with Crippen molar-refractivity contribution in [1.82, 2.24) is 0 Å². The van der Waals surface area contributed by atoms with Gasteiger partial charge >= 0.3 is 0 Å². The second-order valence-corrected chi connectivity index (χ2v) is 3.90. The Morgan fingerprint density at radius 2 is 1.56 bits per heavy atom. The van der Waals surface area contributed by atoms with E-state index in [1.54, 1.807) is 11.1 Å². The van der Waals surface area contributed by atoms with Crippen molar-refractivity contribution in [2.45, 2.75) is 26.7 Å². The second-order valence-electron chi connectivity index (χ2n) is 3.90. The van der Waals surface area contributed by atoms with Crippen LogP contribution in [0.25, 0.3) is 0 Å². The van der Waals surface area contributed by atoms with Crippen molar-refractivity contribution in [3.8, 4) is 0 Å². The zero-order valence-electron chi connectivity index (χ0n) is 6.07. The molecule has 0 heterocycles. The lowest BCUT2D eigenvalue weighted by molar-refractivity contribution is 0.394. The monoisotopic (exact) mass is 120 g/mol. The summed E-state index contributed by atoms with van der Waals surface area (Å²) >= 11 is 0. The minimum Gasteiger partial charge on any atom is -0.0593 e. The molecule has 0 saturated carbocycles. The van der Waals surface area contributed by atoms with Crippen LogP contribution in [0.3, 0.4) is 0 Å². The molecule has 0 unspecified atom stereocenters. The maximum atomic E-state index is 2.34. The molecule has 0 bridgehead atoms. The third-order valence-corrected chi connectivity index (χ3v) is 2.24. The molecule has 0 radical (unpaired) electrons. The fourth-order valence-corrected chi connectivity index (χ4v) is 1.76. The molecule has 0 spiro atoms. The van der Waals surface area contributed by atoms with E-state index in [0.29, 0.717) is 5.41 Å². The van der Waals surface area contributed by atoms with Gasteiger partial charge in [0.1, 0.15) is 0 Å². The van der Waals surface area contributed by atoms with Crippen LogP contribution in [0.1, 0.15) is 26.7 Å². The molecule has 2 aliphatic carbocycles. The molecule has 2 rings (SSSR count). The molecule has 0 atom stereocenters. The molecule has 0 fully saturated rings. The van der Waals surface area contributed by atoms with Crippen molar-refractivity contribution in [2.75, 3.05) is 0 Å². The van der Waals surface area contributed by atoms with Crippen molar-refractivity contribution in [3.05, 3.63) is 23.3 Å². The van der Waals surface area contributed by atoms with Gasteiger partial charge in [-0.1, -0.05) is 26.0 Å². The summed E-state index contributed by atoms with van der Waals surface area (Å²) in [6.45, 7) is 4.68. The van der Waals surface area contributed by atoms with Crippen LogP contribution < -0.4 is 0 Å². The molecule has 0 aromatic heterocycles. The van der Waals surface area contributed by atoms with E-state index >= 15 is 0 Å². The highest BCUT2D eigenvalue weighted by Gasteiger charge is 2.30. The van der Waals surface area contributed by atoms with Gasteiger partial charge in [0.15, 0.2) is 0 Å². The molecule has 0 aliphatic heterocycles. The average molecular weight is 120 g/mol. The highest BCUT2D eigenvalue weighted by molar-refractivity contribution is 5.48. The van der Waals surface area contributed by atoms with Crippen molar-refractivity contribution < 1.29 is 0 Å². The van der Waals surface area contributed by atoms with Gasteiger partial charge in [-0.15, -0.1) is 0 Å². The van der Waals surface area contributed by atoms with Crippen molar-refractivity contribution in [1.29, 1.82) is 0 Å². The molecule has 0 heteroatoms. The fourth-order valence-electron chi connectivity index (χ4n) is 1.76. The van der Waals surface area contributed by atoms with E-state index < -0.39 is 0 Å². The molecular formula is C9H12. The van der Waals surface area contributed by atoms with Gasteiger partial charge in [-0.25, -0.2) is 0 Å². The first-order valence-electron chi connectivity index (χ1n) is 3.57. The van der Waals surface area contributed by atoms with E-state index in [-0.39, 0.29) is 0 Å². The second kappa shape index (κ2) is 1.31. The zero-order chi connectivity index (χ0) is 6.48. The minimum absolute atomic E-state index is 0.564. The van der Waals surface area contributed by atoms with Gasteiger partial charge in [-0.05, 0) is 29.4 Å². The predicted octanol–water partition coefficient (Wildman–Crippen LogP) is 2.67.